The van der Waals surface area contributed by atoms with Crippen LogP contribution in [0.5, 0.6) is 5.75 Å². The number of carbonyl (C=O) groups excluding carboxylic acids is 1. The van der Waals surface area contributed by atoms with Crippen LogP contribution in [0.2, 0.25) is 0 Å². The van der Waals surface area contributed by atoms with Gasteiger partial charge in [-0.05, 0) is 36.1 Å². The van der Waals surface area contributed by atoms with Crippen LogP contribution in [-0.2, 0) is 11.3 Å². The van der Waals surface area contributed by atoms with E-state index in [2.05, 4.69) is 17.4 Å². The Balaban J connectivity index is 1.67. The molecule has 1 amide bonds. The molecule has 21 heavy (non-hydrogen) atoms. The minimum atomic E-state index is -0.000117. The second kappa shape index (κ2) is 8.37. The molecule has 1 N–H and O–H groups in total. The molecule has 0 aromatic heterocycles. The fourth-order valence-corrected chi connectivity index (χ4v) is 2.22. The Hall–Kier alpha value is -1.94. The van der Waals surface area contributed by atoms with E-state index in [-0.39, 0.29) is 5.91 Å². The van der Waals surface area contributed by atoms with Crippen LogP contribution in [0, 0.1) is 0 Å². The highest BCUT2D eigenvalue weighted by Gasteiger charge is 2.02. The summed E-state index contributed by atoms with van der Waals surface area (Å²) in [6.07, 6.45) is 2.40. The van der Waals surface area contributed by atoms with E-state index >= 15 is 0 Å². The van der Waals surface area contributed by atoms with Gasteiger partial charge in [-0.15, -0.1) is 11.8 Å². The van der Waals surface area contributed by atoms with Crippen LogP contribution in [0.3, 0.4) is 0 Å². The van der Waals surface area contributed by atoms with E-state index < -0.39 is 0 Å². The largest absolute Gasteiger partial charge is 0.493 e. The van der Waals surface area contributed by atoms with Gasteiger partial charge in [-0.3, -0.25) is 4.79 Å². The number of amides is 1. The smallest absolute Gasteiger partial charge is 0.223 e. The second-order valence-corrected chi connectivity index (χ2v) is 5.42. The van der Waals surface area contributed by atoms with E-state index in [1.165, 1.54) is 4.90 Å². The Morgan fingerprint density at radius 2 is 1.81 bits per heavy atom. The summed E-state index contributed by atoms with van der Waals surface area (Å²) in [6.45, 7) is 0.945. The lowest BCUT2D eigenvalue weighted by Gasteiger charge is -2.07. The van der Waals surface area contributed by atoms with Crippen molar-refractivity contribution in [2.24, 2.45) is 0 Å². The SMILES string of the molecule is CSc1ccc(CNC(=O)CCOc2ccccc2)cc1. The molecule has 3 nitrogen and oxygen atoms in total. The Morgan fingerprint density at radius 3 is 2.48 bits per heavy atom. The van der Waals surface area contributed by atoms with Gasteiger partial charge in [0, 0.05) is 11.4 Å². The lowest BCUT2D eigenvalue weighted by molar-refractivity contribution is -0.121. The van der Waals surface area contributed by atoms with E-state index in [9.17, 15) is 4.79 Å². The average molecular weight is 301 g/mol. The molecule has 0 bridgehead atoms. The van der Waals surface area contributed by atoms with Gasteiger partial charge in [-0.2, -0.15) is 0 Å². The molecular weight excluding hydrogens is 282 g/mol. The van der Waals surface area contributed by atoms with Crippen molar-refractivity contribution < 1.29 is 9.53 Å². The fourth-order valence-electron chi connectivity index (χ4n) is 1.81. The predicted molar refractivity (Wildman–Crippen MR) is 86.6 cm³/mol. The van der Waals surface area contributed by atoms with Crippen molar-refractivity contribution in [2.75, 3.05) is 12.9 Å². The minimum Gasteiger partial charge on any atom is -0.493 e. The molecule has 2 aromatic carbocycles. The number of hydrogen-bond donors (Lipinski definition) is 1. The molecule has 0 heterocycles. The van der Waals surface area contributed by atoms with Crippen LogP contribution in [0.15, 0.2) is 59.5 Å². The van der Waals surface area contributed by atoms with Gasteiger partial charge in [-0.1, -0.05) is 30.3 Å². The lowest BCUT2D eigenvalue weighted by atomic mass is 10.2. The summed E-state index contributed by atoms with van der Waals surface area (Å²) in [5.74, 6) is 0.790. The van der Waals surface area contributed by atoms with Crippen molar-refractivity contribution >= 4 is 17.7 Å². The maximum absolute atomic E-state index is 11.7. The van der Waals surface area contributed by atoms with Crippen molar-refractivity contribution in [3.63, 3.8) is 0 Å². The molecule has 2 aromatic rings. The predicted octanol–water partition coefficient (Wildman–Crippen LogP) is 3.49. The molecule has 2 rings (SSSR count). The topological polar surface area (TPSA) is 38.3 Å². The molecule has 0 aliphatic rings. The third kappa shape index (κ3) is 5.52. The molecular formula is C17H19NO2S. The number of carbonyl (C=O) groups is 1. The van der Waals surface area contributed by atoms with Crippen LogP contribution in [0.4, 0.5) is 0 Å². The summed E-state index contributed by atoms with van der Waals surface area (Å²) in [7, 11) is 0. The van der Waals surface area contributed by atoms with Crippen molar-refractivity contribution in [2.45, 2.75) is 17.9 Å². The van der Waals surface area contributed by atoms with Gasteiger partial charge in [0.25, 0.3) is 0 Å². The quantitative estimate of drug-likeness (QED) is 0.796. The maximum Gasteiger partial charge on any atom is 0.223 e. The molecule has 0 aliphatic heterocycles. The highest BCUT2D eigenvalue weighted by atomic mass is 32.2. The first kappa shape index (κ1) is 15.4. The average Bonchev–Trinajstić information content (AvgIpc) is 2.54. The van der Waals surface area contributed by atoms with Gasteiger partial charge in [0.2, 0.25) is 5.91 Å². The van der Waals surface area contributed by atoms with Gasteiger partial charge in [0.1, 0.15) is 5.75 Å². The van der Waals surface area contributed by atoms with Gasteiger partial charge in [0.15, 0.2) is 0 Å². The lowest BCUT2D eigenvalue weighted by Crippen LogP contribution is -2.24. The molecule has 0 radical (unpaired) electrons. The van der Waals surface area contributed by atoms with E-state index in [1.54, 1.807) is 11.8 Å². The van der Waals surface area contributed by atoms with Crippen molar-refractivity contribution in [3.05, 3.63) is 60.2 Å². The first-order valence-electron chi connectivity index (χ1n) is 6.85. The zero-order valence-corrected chi connectivity index (χ0v) is 12.9. The molecule has 0 spiro atoms. The van der Waals surface area contributed by atoms with E-state index in [1.807, 2.05) is 48.7 Å². The van der Waals surface area contributed by atoms with E-state index in [0.717, 1.165) is 11.3 Å². The Morgan fingerprint density at radius 1 is 1.10 bits per heavy atom. The summed E-state index contributed by atoms with van der Waals surface area (Å²) in [5.41, 5.74) is 1.10. The molecule has 0 unspecified atom stereocenters. The van der Waals surface area contributed by atoms with E-state index in [0.29, 0.717) is 19.6 Å². The number of ether oxygens (including phenoxy) is 1. The number of hydrogen-bond acceptors (Lipinski definition) is 3. The van der Waals surface area contributed by atoms with Gasteiger partial charge in [-0.25, -0.2) is 0 Å². The maximum atomic E-state index is 11.7. The van der Waals surface area contributed by atoms with Gasteiger partial charge >= 0.3 is 0 Å². The normalized spacial score (nSPS) is 10.1. The summed E-state index contributed by atoms with van der Waals surface area (Å²) in [6, 6.07) is 17.7. The second-order valence-electron chi connectivity index (χ2n) is 4.54. The van der Waals surface area contributed by atoms with Crippen LogP contribution in [0.1, 0.15) is 12.0 Å². The first-order chi connectivity index (χ1) is 10.3. The number of benzene rings is 2. The van der Waals surface area contributed by atoms with Crippen LogP contribution in [0.25, 0.3) is 0 Å². The molecule has 0 fully saturated rings. The number of nitrogens with one attached hydrogen (secondary N) is 1. The van der Waals surface area contributed by atoms with E-state index in [4.69, 9.17) is 4.74 Å². The van der Waals surface area contributed by atoms with Crippen LogP contribution < -0.4 is 10.1 Å². The molecule has 0 aliphatic carbocycles. The third-order valence-corrected chi connectivity index (χ3v) is 3.73. The Kier molecular flexibility index (Phi) is 6.16. The first-order valence-corrected chi connectivity index (χ1v) is 8.08. The van der Waals surface area contributed by atoms with Crippen LogP contribution in [-0.4, -0.2) is 18.8 Å². The zero-order chi connectivity index (χ0) is 14.9. The highest BCUT2D eigenvalue weighted by Crippen LogP contribution is 2.14. The van der Waals surface area contributed by atoms with Gasteiger partial charge in [0.05, 0.1) is 13.0 Å². The van der Waals surface area contributed by atoms with Gasteiger partial charge < -0.3 is 10.1 Å². The van der Waals surface area contributed by atoms with Crippen LogP contribution >= 0.6 is 11.8 Å². The Bertz CT molecular complexity index is 555. The monoisotopic (exact) mass is 301 g/mol. The third-order valence-electron chi connectivity index (χ3n) is 2.99. The summed E-state index contributed by atoms with van der Waals surface area (Å²) >= 11 is 1.71. The number of thioether (sulfide) groups is 1. The summed E-state index contributed by atoms with van der Waals surface area (Å²) in [5, 5.41) is 2.90. The van der Waals surface area contributed by atoms with Crippen molar-refractivity contribution in [1.82, 2.24) is 5.32 Å². The van der Waals surface area contributed by atoms with Crippen molar-refractivity contribution in [3.8, 4) is 5.75 Å². The molecule has 0 saturated carbocycles. The molecule has 0 atom stereocenters. The number of rotatable bonds is 7. The highest BCUT2D eigenvalue weighted by molar-refractivity contribution is 7.98. The standard InChI is InChI=1S/C17H19NO2S/c1-21-16-9-7-14(8-10-16)13-18-17(19)11-12-20-15-5-3-2-4-6-15/h2-10H,11-13H2,1H3,(H,18,19). The minimum absolute atomic E-state index is 0.000117. The molecule has 110 valence electrons. The summed E-state index contributed by atoms with van der Waals surface area (Å²) < 4.78 is 5.50. The Labute approximate surface area is 129 Å². The van der Waals surface area contributed by atoms with Crippen molar-refractivity contribution in [1.29, 1.82) is 0 Å². The zero-order valence-electron chi connectivity index (χ0n) is 12.0. The number of para-hydroxylation sites is 1. The molecule has 0 saturated heterocycles. The fraction of sp³-hybridized carbons (Fsp3) is 0.235. The summed E-state index contributed by atoms with van der Waals surface area (Å²) in [4.78, 5) is 13.0. The molecule has 4 heteroatoms.